The molecule has 2 heterocycles. The molecule has 0 bridgehead atoms. The SMILES string of the molecule is O=C(COc1ccccc1[N+](=O)[O-])NCC(c1cccs1)N1CCOCC1. The number of nitro benzene ring substituents is 1. The maximum Gasteiger partial charge on any atom is 0.310 e. The van der Waals surface area contributed by atoms with E-state index in [0.29, 0.717) is 19.8 Å². The summed E-state index contributed by atoms with van der Waals surface area (Å²) in [6.45, 7) is 3.15. The molecule has 1 unspecified atom stereocenters. The molecule has 1 aliphatic heterocycles. The molecular weight excluding hydrogens is 370 g/mol. The number of nitrogens with zero attached hydrogens (tertiary/aromatic N) is 2. The van der Waals surface area contributed by atoms with Crippen molar-refractivity contribution in [2.75, 3.05) is 39.5 Å². The molecule has 1 N–H and O–H groups in total. The largest absolute Gasteiger partial charge is 0.477 e. The van der Waals surface area contributed by atoms with E-state index < -0.39 is 4.92 Å². The highest BCUT2D eigenvalue weighted by molar-refractivity contribution is 7.10. The summed E-state index contributed by atoms with van der Waals surface area (Å²) in [5, 5.41) is 15.9. The smallest absolute Gasteiger partial charge is 0.310 e. The fraction of sp³-hybridized carbons (Fsp3) is 0.389. The Hall–Kier alpha value is -2.49. The number of hydrogen-bond donors (Lipinski definition) is 1. The molecule has 1 atom stereocenters. The first-order chi connectivity index (χ1) is 13.1. The van der Waals surface area contributed by atoms with Crippen LogP contribution >= 0.6 is 11.3 Å². The van der Waals surface area contributed by atoms with E-state index in [1.54, 1.807) is 23.5 Å². The normalized spacial score (nSPS) is 15.9. The zero-order valence-corrected chi connectivity index (χ0v) is 15.5. The van der Waals surface area contributed by atoms with Crippen LogP contribution in [0, 0.1) is 10.1 Å². The zero-order chi connectivity index (χ0) is 19.1. The highest BCUT2D eigenvalue weighted by Crippen LogP contribution is 2.26. The first-order valence-electron chi connectivity index (χ1n) is 8.63. The molecule has 1 aliphatic rings. The van der Waals surface area contributed by atoms with Gasteiger partial charge in [-0.1, -0.05) is 18.2 Å². The van der Waals surface area contributed by atoms with Crippen molar-refractivity contribution in [3.8, 4) is 5.75 Å². The van der Waals surface area contributed by atoms with E-state index in [4.69, 9.17) is 9.47 Å². The lowest BCUT2D eigenvalue weighted by Gasteiger charge is -2.34. The number of nitro groups is 1. The Labute approximate surface area is 160 Å². The number of nitrogens with one attached hydrogen (secondary N) is 1. The Bertz CT molecular complexity index is 762. The maximum absolute atomic E-state index is 12.2. The Balaban J connectivity index is 1.56. The quantitative estimate of drug-likeness (QED) is 0.548. The van der Waals surface area contributed by atoms with Gasteiger partial charge in [-0.3, -0.25) is 19.8 Å². The molecule has 8 nitrogen and oxygen atoms in total. The summed E-state index contributed by atoms with van der Waals surface area (Å²) in [5.41, 5.74) is -0.157. The summed E-state index contributed by atoms with van der Waals surface area (Å²) in [4.78, 5) is 26.1. The summed E-state index contributed by atoms with van der Waals surface area (Å²) < 4.78 is 10.8. The molecule has 1 aromatic carbocycles. The van der Waals surface area contributed by atoms with Gasteiger partial charge in [0, 0.05) is 30.6 Å². The summed E-state index contributed by atoms with van der Waals surface area (Å²) in [5.74, 6) is -0.233. The van der Waals surface area contributed by atoms with Crippen LogP contribution in [0.15, 0.2) is 41.8 Å². The fourth-order valence-electron chi connectivity index (χ4n) is 2.91. The van der Waals surface area contributed by atoms with Crippen LogP contribution in [-0.2, 0) is 9.53 Å². The molecule has 1 aromatic heterocycles. The third-order valence-corrected chi connectivity index (χ3v) is 5.24. The highest BCUT2D eigenvalue weighted by atomic mass is 32.1. The van der Waals surface area contributed by atoms with E-state index in [2.05, 4.69) is 16.3 Å². The fourth-order valence-corrected chi connectivity index (χ4v) is 3.78. The summed E-state index contributed by atoms with van der Waals surface area (Å²) in [6.07, 6.45) is 0. The van der Waals surface area contributed by atoms with E-state index in [-0.39, 0.29) is 30.0 Å². The van der Waals surface area contributed by atoms with Gasteiger partial charge >= 0.3 is 5.69 Å². The van der Waals surface area contributed by atoms with Crippen LogP contribution in [0.3, 0.4) is 0 Å². The van der Waals surface area contributed by atoms with Gasteiger partial charge in [-0.2, -0.15) is 0 Å². The monoisotopic (exact) mass is 391 g/mol. The van der Waals surface area contributed by atoms with Crippen LogP contribution in [0.4, 0.5) is 5.69 Å². The Morgan fingerprint density at radius 2 is 2.07 bits per heavy atom. The number of benzene rings is 1. The van der Waals surface area contributed by atoms with Crippen molar-refractivity contribution < 1.29 is 19.2 Å². The molecule has 144 valence electrons. The van der Waals surface area contributed by atoms with Crippen LogP contribution in [-0.4, -0.2) is 55.2 Å². The Kier molecular flexibility index (Phi) is 6.74. The van der Waals surface area contributed by atoms with E-state index in [9.17, 15) is 14.9 Å². The van der Waals surface area contributed by atoms with Gasteiger partial charge < -0.3 is 14.8 Å². The van der Waals surface area contributed by atoms with Gasteiger partial charge in [-0.25, -0.2) is 0 Å². The minimum Gasteiger partial charge on any atom is -0.477 e. The lowest BCUT2D eigenvalue weighted by molar-refractivity contribution is -0.385. The first kappa shape index (κ1) is 19.3. The minimum absolute atomic E-state index is 0.0731. The minimum atomic E-state index is -0.529. The summed E-state index contributed by atoms with van der Waals surface area (Å²) in [6, 6.07) is 10.1. The van der Waals surface area contributed by atoms with Crippen LogP contribution in [0.1, 0.15) is 10.9 Å². The molecule has 27 heavy (non-hydrogen) atoms. The van der Waals surface area contributed by atoms with Crippen molar-refractivity contribution >= 4 is 22.9 Å². The second kappa shape index (κ2) is 9.45. The molecule has 0 radical (unpaired) electrons. The maximum atomic E-state index is 12.2. The Morgan fingerprint density at radius 1 is 1.30 bits per heavy atom. The summed E-state index contributed by atoms with van der Waals surface area (Å²) >= 11 is 1.65. The van der Waals surface area contributed by atoms with Gasteiger partial charge in [0.1, 0.15) is 0 Å². The van der Waals surface area contributed by atoms with Gasteiger partial charge in [0.2, 0.25) is 0 Å². The van der Waals surface area contributed by atoms with Crippen molar-refractivity contribution in [2.45, 2.75) is 6.04 Å². The number of rotatable bonds is 8. The second-order valence-electron chi connectivity index (χ2n) is 6.00. The zero-order valence-electron chi connectivity index (χ0n) is 14.7. The van der Waals surface area contributed by atoms with Crippen molar-refractivity contribution in [3.63, 3.8) is 0 Å². The molecule has 1 fully saturated rings. The van der Waals surface area contributed by atoms with Crippen molar-refractivity contribution in [1.82, 2.24) is 10.2 Å². The molecule has 3 rings (SSSR count). The number of amides is 1. The predicted octanol–water partition coefficient (Wildman–Crippen LogP) is 2.22. The molecule has 0 spiro atoms. The summed E-state index contributed by atoms with van der Waals surface area (Å²) in [7, 11) is 0. The van der Waals surface area contributed by atoms with E-state index in [0.717, 1.165) is 13.1 Å². The third kappa shape index (κ3) is 5.25. The number of para-hydroxylation sites is 2. The third-order valence-electron chi connectivity index (χ3n) is 4.27. The standard InChI is InChI=1S/C18H21N3O5S/c22-18(13-26-16-5-2-1-4-14(16)21(23)24)19-12-15(17-6-3-11-27-17)20-7-9-25-10-8-20/h1-6,11,15H,7-10,12-13H2,(H,19,22). The number of morpholine rings is 1. The van der Waals surface area contributed by atoms with Gasteiger partial charge in [-0.05, 0) is 17.5 Å². The molecule has 2 aromatic rings. The van der Waals surface area contributed by atoms with E-state index in [1.807, 2.05) is 11.4 Å². The second-order valence-corrected chi connectivity index (χ2v) is 6.98. The topological polar surface area (TPSA) is 93.9 Å². The average Bonchev–Trinajstić information content (AvgIpc) is 3.22. The molecule has 0 saturated carbocycles. The van der Waals surface area contributed by atoms with Crippen LogP contribution in [0.25, 0.3) is 0 Å². The lowest BCUT2D eigenvalue weighted by atomic mass is 10.2. The number of thiophene rings is 1. The highest BCUT2D eigenvalue weighted by Gasteiger charge is 2.24. The van der Waals surface area contributed by atoms with Crippen molar-refractivity contribution in [2.24, 2.45) is 0 Å². The van der Waals surface area contributed by atoms with Crippen LogP contribution in [0.5, 0.6) is 5.75 Å². The molecule has 0 aliphatic carbocycles. The average molecular weight is 391 g/mol. The molecule has 1 saturated heterocycles. The lowest BCUT2D eigenvalue weighted by Crippen LogP contribution is -2.44. The van der Waals surface area contributed by atoms with Crippen LogP contribution in [0.2, 0.25) is 0 Å². The van der Waals surface area contributed by atoms with Crippen molar-refractivity contribution in [3.05, 3.63) is 56.8 Å². The van der Waals surface area contributed by atoms with E-state index >= 15 is 0 Å². The number of hydrogen-bond acceptors (Lipinski definition) is 7. The molecular formula is C18H21N3O5S. The molecule has 1 amide bonds. The van der Waals surface area contributed by atoms with Gasteiger partial charge in [0.25, 0.3) is 5.91 Å². The van der Waals surface area contributed by atoms with E-state index in [1.165, 1.54) is 17.0 Å². The van der Waals surface area contributed by atoms with Gasteiger partial charge in [-0.15, -0.1) is 11.3 Å². The Morgan fingerprint density at radius 3 is 2.78 bits per heavy atom. The number of ether oxygens (including phenoxy) is 2. The first-order valence-corrected chi connectivity index (χ1v) is 9.51. The van der Waals surface area contributed by atoms with Crippen molar-refractivity contribution in [1.29, 1.82) is 0 Å². The van der Waals surface area contributed by atoms with Crippen LogP contribution < -0.4 is 10.1 Å². The van der Waals surface area contributed by atoms with Gasteiger partial charge in [0.05, 0.1) is 24.2 Å². The van der Waals surface area contributed by atoms with Gasteiger partial charge in [0.15, 0.2) is 12.4 Å². The predicted molar refractivity (Wildman–Crippen MR) is 101 cm³/mol. The number of carbonyl (C=O) groups excluding carboxylic acids is 1. The molecule has 9 heteroatoms. The number of carbonyl (C=O) groups is 1.